The maximum Gasteiger partial charge on any atom is 0.407 e. The number of aliphatic hydroxyl groups excluding tert-OH is 1. The number of nitrogens with zero attached hydrogens (tertiary/aromatic N) is 1. The Kier molecular flexibility index (Phi) is 10.7. The van der Waals surface area contributed by atoms with Crippen molar-refractivity contribution >= 4 is 22.0 Å². The van der Waals surface area contributed by atoms with Crippen molar-refractivity contribution in [3.05, 3.63) is 60.2 Å². The van der Waals surface area contributed by atoms with Crippen molar-refractivity contribution in [2.45, 2.75) is 74.1 Å². The zero-order chi connectivity index (χ0) is 31.1. The summed E-state index contributed by atoms with van der Waals surface area (Å²) >= 11 is 0. The third kappa shape index (κ3) is 8.25. The molecule has 14 heteroatoms. The summed E-state index contributed by atoms with van der Waals surface area (Å²) in [5.74, 6) is -0.648. The number of carbonyl (C=O) groups is 2. The first-order valence-electron chi connectivity index (χ1n) is 14.8. The molecule has 2 heterocycles. The average molecular weight is 634 g/mol. The van der Waals surface area contributed by atoms with Gasteiger partial charge >= 0.3 is 6.09 Å². The van der Waals surface area contributed by atoms with E-state index in [0.29, 0.717) is 25.9 Å². The molecular weight excluding hydrogens is 594 g/mol. The van der Waals surface area contributed by atoms with Crippen molar-refractivity contribution in [3.63, 3.8) is 0 Å². The number of nitrogens with two attached hydrogens (primary N) is 1. The molecule has 3 fully saturated rings. The molecular formula is C30H39N3O10S. The molecule has 1 saturated carbocycles. The van der Waals surface area contributed by atoms with Crippen molar-refractivity contribution in [2.24, 2.45) is 11.7 Å². The van der Waals surface area contributed by atoms with Crippen LogP contribution < -0.4 is 15.8 Å². The number of amides is 2. The van der Waals surface area contributed by atoms with Gasteiger partial charge in [0.2, 0.25) is 0 Å². The van der Waals surface area contributed by atoms with Crippen LogP contribution in [0.5, 0.6) is 5.75 Å². The van der Waals surface area contributed by atoms with Crippen molar-refractivity contribution in [3.8, 4) is 5.75 Å². The fourth-order valence-corrected chi connectivity index (χ4v) is 6.99. The zero-order valence-corrected chi connectivity index (χ0v) is 25.1. The number of carbonyl (C=O) groups excluding carboxylic acids is 2. The van der Waals surface area contributed by atoms with E-state index in [0.717, 1.165) is 22.9 Å². The highest BCUT2D eigenvalue weighted by molar-refractivity contribution is 7.89. The van der Waals surface area contributed by atoms with Gasteiger partial charge in [0, 0.05) is 6.07 Å². The molecule has 13 nitrogen and oxygen atoms in total. The highest BCUT2D eigenvalue weighted by atomic mass is 32.2. The van der Waals surface area contributed by atoms with Crippen LogP contribution in [0.3, 0.4) is 0 Å². The van der Waals surface area contributed by atoms with E-state index in [1.165, 1.54) is 24.3 Å². The minimum absolute atomic E-state index is 0.0681. The Morgan fingerprint density at radius 1 is 1.07 bits per heavy atom. The van der Waals surface area contributed by atoms with Crippen LogP contribution in [0.2, 0.25) is 0 Å². The summed E-state index contributed by atoms with van der Waals surface area (Å²) in [5, 5.41) is 14.3. The van der Waals surface area contributed by atoms with Gasteiger partial charge in [-0.25, -0.2) is 13.2 Å². The summed E-state index contributed by atoms with van der Waals surface area (Å²) < 4.78 is 50.6. The van der Waals surface area contributed by atoms with Crippen LogP contribution in [0.15, 0.2) is 59.5 Å². The highest BCUT2D eigenvalue weighted by Gasteiger charge is 2.44. The maximum atomic E-state index is 13.9. The molecule has 2 amide bonds. The van der Waals surface area contributed by atoms with Crippen molar-refractivity contribution in [1.29, 1.82) is 0 Å². The Labute approximate surface area is 256 Å². The molecule has 0 bridgehead atoms. The number of hydrogen-bond acceptors (Lipinski definition) is 10. The normalized spacial score (nSPS) is 23.3. The first-order valence-corrected chi connectivity index (χ1v) is 16.3. The van der Waals surface area contributed by atoms with Crippen molar-refractivity contribution < 1.29 is 46.9 Å². The number of hydroxylamine groups is 1. The number of alkyl carbamates (subject to hydrolysis) is 1. The second-order valence-electron chi connectivity index (χ2n) is 11.2. The Morgan fingerprint density at radius 2 is 1.84 bits per heavy atom. The molecule has 1 aliphatic carbocycles. The number of benzene rings is 2. The predicted molar refractivity (Wildman–Crippen MR) is 156 cm³/mol. The van der Waals surface area contributed by atoms with Crippen LogP contribution in [0.1, 0.15) is 37.7 Å². The van der Waals surface area contributed by atoms with Crippen LogP contribution >= 0.6 is 0 Å². The van der Waals surface area contributed by atoms with E-state index in [9.17, 15) is 23.1 Å². The summed E-state index contributed by atoms with van der Waals surface area (Å²) in [6.45, 7) is -0.168. The lowest BCUT2D eigenvalue weighted by molar-refractivity contribution is -0.145. The van der Waals surface area contributed by atoms with E-state index >= 15 is 0 Å². The Balaban J connectivity index is 1.34. The SMILES string of the molecule is NC(=O)COc1cccc(S(=O)(=O)N(C[C@@H](O)[C@H](Cc2ccccc2)NC(=O)OC2CO[C@H]3OCC[C@@H]23)OC2CCCC2)c1. The van der Waals surface area contributed by atoms with Gasteiger partial charge in [0.05, 0.1) is 48.8 Å². The lowest BCUT2D eigenvalue weighted by Crippen LogP contribution is -2.51. The molecule has 0 aromatic heterocycles. The number of sulfonamides is 1. The van der Waals surface area contributed by atoms with Crippen LogP contribution in [0, 0.1) is 5.92 Å². The number of fused-ring (bicyclic) bond motifs is 1. The summed E-state index contributed by atoms with van der Waals surface area (Å²) in [7, 11) is -4.33. The van der Waals surface area contributed by atoms with E-state index in [1.54, 1.807) is 0 Å². The minimum atomic E-state index is -4.33. The molecule has 2 aliphatic heterocycles. The van der Waals surface area contributed by atoms with E-state index in [-0.39, 0.29) is 35.7 Å². The summed E-state index contributed by atoms with van der Waals surface area (Å²) in [6, 6.07) is 13.9. The number of hydrogen-bond donors (Lipinski definition) is 3. The lowest BCUT2D eigenvalue weighted by atomic mass is 10.0. The summed E-state index contributed by atoms with van der Waals surface area (Å²) in [6.07, 6.45) is 0.605. The van der Waals surface area contributed by atoms with E-state index in [1.807, 2.05) is 30.3 Å². The first kappa shape index (κ1) is 32.1. The number of ether oxygens (including phenoxy) is 4. The minimum Gasteiger partial charge on any atom is -0.484 e. The molecule has 1 unspecified atom stereocenters. The van der Waals surface area contributed by atoms with Gasteiger partial charge in [-0.1, -0.05) is 53.7 Å². The molecule has 4 N–H and O–H groups in total. The molecule has 3 aliphatic rings. The maximum absolute atomic E-state index is 13.9. The Hall–Kier alpha value is -3.27. The fraction of sp³-hybridized carbons (Fsp3) is 0.533. The molecule has 44 heavy (non-hydrogen) atoms. The summed E-state index contributed by atoms with van der Waals surface area (Å²) in [5.41, 5.74) is 5.97. The van der Waals surface area contributed by atoms with E-state index < -0.39 is 59.7 Å². The second kappa shape index (κ2) is 14.7. The van der Waals surface area contributed by atoms with Gasteiger partial charge in [0.1, 0.15) is 11.9 Å². The number of primary amides is 1. The second-order valence-corrected chi connectivity index (χ2v) is 13.0. The quantitative estimate of drug-likeness (QED) is 0.261. The van der Waals surface area contributed by atoms with Gasteiger partial charge in [-0.05, 0) is 43.4 Å². The van der Waals surface area contributed by atoms with Gasteiger partial charge in [-0.2, -0.15) is 0 Å². The average Bonchev–Trinajstić information content (AvgIpc) is 3.77. The molecule has 5 rings (SSSR count). The molecule has 2 aromatic rings. The predicted octanol–water partition coefficient (Wildman–Crippen LogP) is 1.88. The third-order valence-electron chi connectivity index (χ3n) is 7.97. The van der Waals surface area contributed by atoms with Gasteiger partial charge in [-0.15, -0.1) is 0 Å². The van der Waals surface area contributed by atoms with Gasteiger partial charge in [0.25, 0.3) is 15.9 Å². The Morgan fingerprint density at radius 3 is 2.59 bits per heavy atom. The molecule has 5 atom stereocenters. The Bertz CT molecular complexity index is 1370. The topological polar surface area (TPSA) is 176 Å². The highest BCUT2D eigenvalue weighted by Crippen LogP contribution is 2.33. The largest absolute Gasteiger partial charge is 0.484 e. The number of aliphatic hydroxyl groups is 1. The molecule has 2 aromatic carbocycles. The van der Waals surface area contributed by atoms with Crippen molar-refractivity contribution in [2.75, 3.05) is 26.4 Å². The van der Waals surface area contributed by atoms with Gasteiger partial charge in [0.15, 0.2) is 12.9 Å². The monoisotopic (exact) mass is 633 g/mol. The smallest absolute Gasteiger partial charge is 0.407 e. The van der Waals surface area contributed by atoms with Crippen LogP contribution in [0.25, 0.3) is 0 Å². The number of rotatable bonds is 14. The molecule has 2 saturated heterocycles. The van der Waals surface area contributed by atoms with Gasteiger partial charge in [-0.3, -0.25) is 9.63 Å². The first-order chi connectivity index (χ1) is 21.2. The summed E-state index contributed by atoms with van der Waals surface area (Å²) in [4.78, 5) is 30.1. The molecule has 0 radical (unpaired) electrons. The zero-order valence-electron chi connectivity index (χ0n) is 24.3. The van der Waals surface area contributed by atoms with E-state index in [2.05, 4.69) is 5.32 Å². The van der Waals surface area contributed by atoms with Crippen LogP contribution in [-0.4, -0.2) is 87.0 Å². The van der Waals surface area contributed by atoms with E-state index in [4.69, 9.17) is 29.5 Å². The molecule has 0 spiro atoms. The molecule has 240 valence electrons. The fourth-order valence-electron chi connectivity index (χ4n) is 5.66. The number of nitrogens with one attached hydrogen (secondary N) is 1. The van der Waals surface area contributed by atoms with Crippen molar-refractivity contribution in [1.82, 2.24) is 9.79 Å². The van der Waals surface area contributed by atoms with Crippen LogP contribution in [-0.2, 0) is 40.3 Å². The van der Waals surface area contributed by atoms with Gasteiger partial charge < -0.3 is 35.1 Å². The van der Waals surface area contributed by atoms with Crippen LogP contribution in [0.4, 0.5) is 4.79 Å². The third-order valence-corrected chi connectivity index (χ3v) is 9.59. The standard InChI is InChI=1S/C30H39N3O10S/c31-28(35)19-40-22-11-6-12-23(16-22)44(37,38)33(43-21-9-4-5-10-21)17-26(34)25(15-20-7-2-1-3-8-20)32-30(36)42-27-18-41-29-24(27)13-14-39-29/h1-3,6-8,11-12,16,21,24-27,29,34H,4-5,9-10,13-15,17-19H2,(H2,31,35)(H,32,36)/t24-,25-,26+,27?,29+/m0/s1. The lowest BCUT2D eigenvalue weighted by Gasteiger charge is -2.31.